The van der Waals surface area contributed by atoms with E-state index in [2.05, 4.69) is 80.2 Å². The van der Waals surface area contributed by atoms with E-state index in [9.17, 15) is 71.6 Å². The molecular formula is C43H54N10O27P6S4. The maximum Gasteiger partial charge on any atom is 0.490 e. The summed E-state index contributed by atoms with van der Waals surface area (Å²) in [5.41, 5.74) is 11.8. The lowest BCUT2D eigenvalue weighted by molar-refractivity contribution is -0.120. The van der Waals surface area contributed by atoms with Crippen molar-refractivity contribution in [2.75, 3.05) is 42.7 Å². The van der Waals surface area contributed by atoms with Crippen molar-refractivity contribution < 1.29 is 122 Å². The minimum atomic E-state index is -5.73. The second kappa shape index (κ2) is 33.7. The third-order valence-corrected chi connectivity index (χ3v) is 23.2. The number of hydrogen-bond donors (Lipinski definition) is 13. The van der Waals surface area contributed by atoms with Crippen LogP contribution in [0.1, 0.15) is 62.1 Å². The topological polar surface area (TPSA) is 568 Å². The van der Waals surface area contributed by atoms with Crippen molar-refractivity contribution in [3.05, 3.63) is 89.1 Å². The monoisotopic (exact) mass is 1460 g/mol. The van der Waals surface area contributed by atoms with E-state index in [-0.39, 0.29) is 61.1 Å². The number of fused-ring (bicyclic) bond motifs is 1. The number of nitrogens with two attached hydrogens (primary N) is 2. The molecule has 0 radical (unpaired) electrons. The van der Waals surface area contributed by atoms with Crippen LogP contribution in [0, 0.1) is 23.7 Å². The second-order valence-corrected chi connectivity index (χ2v) is 31.6. The number of anilines is 2. The van der Waals surface area contributed by atoms with E-state index < -0.39 is 103 Å². The van der Waals surface area contributed by atoms with Gasteiger partial charge in [0.1, 0.15) is 64.1 Å². The first kappa shape index (κ1) is 74.8. The van der Waals surface area contributed by atoms with Gasteiger partial charge in [-0.05, 0) is 45.9 Å². The summed E-state index contributed by atoms with van der Waals surface area (Å²) < 4.78 is 106. The number of aromatic nitrogens is 7. The molecule has 1 amide bonds. The van der Waals surface area contributed by atoms with Crippen molar-refractivity contribution in [3.63, 3.8) is 0 Å². The van der Waals surface area contributed by atoms with E-state index in [1.54, 1.807) is 35.5 Å². The number of pyridine rings is 2. The summed E-state index contributed by atoms with van der Waals surface area (Å²) in [6, 6.07) is 11.1. The molecule has 2 aliphatic rings. The fourth-order valence-corrected chi connectivity index (χ4v) is 17.2. The van der Waals surface area contributed by atoms with Crippen LogP contribution in [0.3, 0.4) is 0 Å². The first-order valence-electron chi connectivity index (χ1n) is 25.1. The van der Waals surface area contributed by atoms with Gasteiger partial charge in [0.15, 0.2) is 0 Å². The molecular weight excluding hydrogens is 1400 g/mol. The summed E-state index contributed by atoms with van der Waals surface area (Å²) in [5.74, 6) is 12.2. The summed E-state index contributed by atoms with van der Waals surface area (Å²) in [6.45, 7) is -1.79. The third-order valence-electron chi connectivity index (χ3n) is 11.1. The van der Waals surface area contributed by atoms with Crippen LogP contribution >= 0.6 is 90.1 Å². The van der Waals surface area contributed by atoms with E-state index in [0.717, 1.165) is 14.6 Å². The lowest BCUT2D eigenvalue weighted by Gasteiger charge is -2.19. The Balaban J connectivity index is 0.000000287. The molecule has 7 heterocycles. The number of Topliss-reactive ketones (excluding diaryl/α,β-unsaturated/α-hetero) is 1. The predicted octanol–water partition coefficient (Wildman–Crippen LogP) is 3.44. The van der Waals surface area contributed by atoms with E-state index in [1.165, 1.54) is 49.5 Å². The molecule has 0 saturated carbocycles. The zero-order valence-corrected chi connectivity index (χ0v) is 54.2. The van der Waals surface area contributed by atoms with Gasteiger partial charge in [0.25, 0.3) is 0 Å². The van der Waals surface area contributed by atoms with Gasteiger partial charge in [0.2, 0.25) is 5.91 Å². The average molecular weight is 1460 g/mol. The number of aliphatic hydroxyl groups is 2. The van der Waals surface area contributed by atoms with Gasteiger partial charge in [-0.3, -0.25) is 23.2 Å². The van der Waals surface area contributed by atoms with Gasteiger partial charge < -0.3 is 80.2 Å². The number of carbonyl (C=O) groups excluding carboxylic acids is 2. The summed E-state index contributed by atoms with van der Waals surface area (Å²) >= 11 is 0. The van der Waals surface area contributed by atoms with Gasteiger partial charge in [-0.1, -0.05) is 57.4 Å². The van der Waals surface area contributed by atoms with Crippen LogP contribution in [0.5, 0.6) is 0 Å². The van der Waals surface area contributed by atoms with E-state index in [0.29, 0.717) is 40.9 Å². The van der Waals surface area contributed by atoms with Crippen LogP contribution < -0.4 is 22.5 Å². The summed E-state index contributed by atoms with van der Waals surface area (Å²) in [4.78, 5) is 129. The molecule has 2 aliphatic heterocycles. The quantitative estimate of drug-likeness (QED) is 0.0141. The van der Waals surface area contributed by atoms with Crippen molar-refractivity contribution in [2.45, 2.75) is 85.4 Å². The summed E-state index contributed by atoms with van der Waals surface area (Å²) in [6.07, 6.45) is 0.862. The molecule has 10 atom stereocenters. The highest BCUT2D eigenvalue weighted by molar-refractivity contribution is 8.77. The van der Waals surface area contributed by atoms with Gasteiger partial charge in [-0.25, -0.2) is 52.1 Å². The highest BCUT2D eigenvalue weighted by Crippen LogP contribution is 2.67. The Kier molecular flexibility index (Phi) is 28.0. The molecule has 492 valence electrons. The van der Waals surface area contributed by atoms with E-state index in [1.807, 2.05) is 30.3 Å². The summed E-state index contributed by atoms with van der Waals surface area (Å²) in [7, 11) is -27.5. The number of amides is 1. The number of phosphoric acid groups is 6. The Hall–Kier alpha value is -4.28. The van der Waals surface area contributed by atoms with Gasteiger partial charge in [-0.2, -0.15) is 22.2 Å². The molecule has 15 N–H and O–H groups in total. The number of ketones is 1. The van der Waals surface area contributed by atoms with Crippen LogP contribution in [0.4, 0.5) is 11.6 Å². The van der Waals surface area contributed by atoms with Gasteiger partial charge in [-0.15, -0.1) is 0 Å². The van der Waals surface area contributed by atoms with Crippen LogP contribution in [0.25, 0.3) is 11.0 Å². The Labute approximate surface area is 524 Å². The smallest absolute Gasteiger partial charge is 0.390 e. The third kappa shape index (κ3) is 25.6. The Morgan fingerprint density at radius 1 is 0.644 bits per heavy atom. The lowest BCUT2D eigenvalue weighted by atomic mass is 10.1. The number of aliphatic hydroxyl groups excluding tert-OH is 2. The first-order chi connectivity index (χ1) is 42.2. The van der Waals surface area contributed by atoms with E-state index in [4.69, 9.17) is 40.5 Å². The van der Waals surface area contributed by atoms with Gasteiger partial charge in [0, 0.05) is 74.8 Å². The zero-order chi connectivity index (χ0) is 66.1. The lowest BCUT2D eigenvalue weighted by Crippen LogP contribution is -2.29. The number of ether oxygens (including phenoxy) is 2. The molecule has 7 rings (SSSR count). The number of nitrogens with one attached hydrogen (secondary N) is 1. The van der Waals surface area contributed by atoms with Crippen LogP contribution in [0.15, 0.2) is 82.4 Å². The fraction of sp³-hybridized carbons (Fsp3) is 0.395. The normalized spacial score (nSPS) is 21.0. The number of hydrogen-bond acceptors (Lipinski definition) is 30. The average Bonchev–Trinajstić information content (AvgIpc) is 1.62. The second-order valence-electron chi connectivity index (χ2n) is 17.8. The SMILES string of the molecule is Nc1nc(=O)n([C@H]2CC(O)[C@@H](COP(=O)(O)OP(=O)(O)OP(=O)(O)O)O2)cc1C#CCNC(=O)CCSSc1ccccn1.Nc1ncnc2c1c(C#CCCC(=O)CCSSc1ccccn1)cn2[C@H]1CC(O)[C@@H](COP(=O)(O)OP(=O)(O)OP(=O)(O)O)O1. The number of phosphoric ester groups is 2. The van der Waals surface area contributed by atoms with E-state index >= 15 is 0 Å². The van der Waals surface area contributed by atoms with Gasteiger partial charge >= 0.3 is 52.6 Å². The Morgan fingerprint density at radius 3 is 1.68 bits per heavy atom. The van der Waals surface area contributed by atoms with Crippen molar-refractivity contribution in [3.8, 4) is 23.7 Å². The molecule has 2 fully saturated rings. The number of rotatable bonds is 29. The van der Waals surface area contributed by atoms with Gasteiger partial charge in [0.05, 0.1) is 48.5 Å². The number of nitrogens with zero attached hydrogens (tertiary/aromatic N) is 7. The molecule has 0 aliphatic carbocycles. The van der Waals surface area contributed by atoms with Crippen LogP contribution in [-0.2, 0) is 72.7 Å². The maximum absolute atomic E-state index is 12.4. The molecule has 6 unspecified atom stereocenters. The molecule has 5 aromatic rings. The molecule has 2 saturated heterocycles. The van der Waals surface area contributed by atoms with Crippen LogP contribution in [-0.4, -0.2) is 151 Å². The van der Waals surface area contributed by atoms with Crippen LogP contribution in [0.2, 0.25) is 0 Å². The maximum atomic E-state index is 12.4. The predicted molar refractivity (Wildman–Crippen MR) is 319 cm³/mol. The molecule has 47 heteroatoms. The molecule has 0 bridgehead atoms. The largest absolute Gasteiger partial charge is 0.490 e. The number of nitrogen functional groups attached to an aromatic ring is 2. The highest BCUT2D eigenvalue weighted by Gasteiger charge is 2.45. The zero-order valence-electron chi connectivity index (χ0n) is 45.6. The Bertz CT molecular complexity index is 3820. The van der Waals surface area contributed by atoms with Crippen molar-refractivity contribution in [2.24, 2.45) is 0 Å². The van der Waals surface area contributed by atoms with Crippen molar-refractivity contribution in [1.82, 2.24) is 39.4 Å². The van der Waals surface area contributed by atoms with Crippen molar-refractivity contribution >= 4 is 124 Å². The number of carbonyl (C=O) groups is 2. The molecule has 0 aromatic carbocycles. The summed E-state index contributed by atoms with van der Waals surface area (Å²) in [5, 5.41) is 25.5. The first-order valence-corrected chi connectivity index (χ1v) is 38.7. The fourth-order valence-electron chi connectivity index (χ4n) is 7.36. The molecule has 37 nitrogen and oxygen atoms in total. The molecule has 0 spiro atoms. The highest BCUT2D eigenvalue weighted by atomic mass is 33.1. The molecule has 90 heavy (non-hydrogen) atoms. The minimum absolute atomic E-state index is 0.0310. The Morgan fingerprint density at radius 2 is 1.16 bits per heavy atom. The standard InChI is InChI=1S/C23H28N5O13P3S2.C20H26N5O14P3S2/c24-22-21-15(5-1-2-6-16(29)8-10-45-46-19-7-3-4-9-25-19)12-28(23(21)27-14-26-22)20-11-17(30)18(39-20)13-38-43(34,35)41-44(36,37)40-42(31,32)33;21-19-13(4-3-8-22-16(27)6-9-43-44-17-5-1-2-7-23-17)11-25(20(28)24-19)18-10-14(26)15(37-18)12-36-41(32,33)39-42(34,35)38-40(29,30)31/h3-4,7,9,12,14,17-18,20,30H,2,6,8,10-11,13H2,(H,34,35)(H,36,37)(H2,24,26,27)(H2,31,32,33);1-2,5,7,11,14-15,18,26H,6,8-10,12H2,(H,22,27)(H,32,33)(H,34,35)(H2,21,24,28)(H2,29,30,31)/t17?,18-,20-;14?,15-,18-/m11/s1. The minimum Gasteiger partial charge on any atom is -0.390 e. The molecule has 5 aromatic heterocycles. The van der Waals surface area contributed by atoms with Crippen molar-refractivity contribution in [1.29, 1.82) is 0 Å².